The van der Waals surface area contributed by atoms with Crippen molar-refractivity contribution in [3.8, 4) is 11.6 Å². The number of ether oxygens (including phenoxy) is 1. The first-order chi connectivity index (χ1) is 8.79. The number of nitrogen functional groups attached to an aromatic ring is 1. The van der Waals surface area contributed by atoms with Crippen molar-refractivity contribution < 1.29 is 4.74 Å². The number of aromatic nitrogens is 3. The van der Waals surface area contributed by atoms with E-state index in [9.17, 15) is 0 Å². The molecule has 0 bridgehead atoms. The van der Waals surface area contributed by atoms with E-state index < -0.39 is 0 Å². The third-order valence-electron chi connectivity index (χ3n) is 2.77. The fourth-order valence-electron chi connectivity index (χ4n) is 1.90. The highest BCUT2D eigenvalue weighted by atomic mass is 16.5. The minimum Gasteiger partial charge on any atom is -0.493 e. The van der Waals surface area contributed by atoms with Crippen molar-refractivity contribution in [3.05, 3.63) is 42.7 Å². The Hall–Kier alpha value is -2.56. The summed E-state index contributed by atoms with van der Waals surface area (Å²) in [5.41, 5.74) is 7.41. The SMILES string of the molecule is COc1cccnc1-n1ncc2ccc(N)cc21. The van der Waals surface area contributed by atoms with E-state index >= 15 is 0 Å². The highest BCUT2D eigenvalue weighted by Crippen LogP contribution is 2.24. The molecule has 5 nitrogen and oxygen atoms in total. The van der Waals surface area contributed by atoms with Gasteiger partial charge in [-0.05, 0) is 30.3 Å². The molecule has 0 aliphatic carbocycles. The molecule has 0 unspecified atom stereocenters. The molecule has 3 rings (SSSR count). The van der Waals surface area contributed by atoms with Gasteiger partial charge < -0.3 is 10.5 Å². The Labute approximate surface area is 104 Å². The number of nitrogens with two attached hydrogens (primary N) is 1. The van der Waals surface area contributed by atoms with Crippen LogP contribution in [0, 0.1) is 0 Å². The van der Waals surface area contributed by atoms with Gasteiger partial charge in [0.25, 0.3) is 0 Å². The monoisotopic (exact) mass is 240 g/mol. The van der Waals surface area contributed by atoms with E-state index in [1.165, 1.54) is 0 Å². The van der Waals surface area contributed by atoms with Gasteiger partial charge in [-0.1, -0.05) is 0 Å². The van der Waals surface area contributed by atoms with Crippen LogP contribution in [0.1, 0.15) is 0 Å². The summed E-state index contributed by atoms with van der Waals surface area (Å²) >= 11 is 0. The predicted molar refractivity (Wildman–Crippen MR) is 69.8 cm³/mol. The number of methoxy groups -OCH3 is 1. The lowest BCUT2D eigenvalue weighted by atomic mass is 10.2. The second kappa shape index (κ2) is 4.03. The zero-order valence-electron chi connectivity index (χ0n) is 9.87. The molecule has 18 heavy (non-hydrogen) atoms. The standard InChI is InChI=1S/C13H12N4O/c1-18-12-3-2-6-15-13(12)17-11-7-10(14)5-4-9(11)8-16-17/h2-8H,14H2,1H3. The third-order valence-corrected chi connectivity index (χ3v) is 2.77. The molecule has 0 aliphatic rings. The molecule has 2 heterocycles. The molecule has 0 radical (unpaired) electrons. The Morgan fingerprint density at radius 2 is 2.17 bits per heavy atom. The Bertz CT molecular complexity index is 705. The van der Waals surface area contributed by atoms with E-state index in [0.29, 0.717) is 17.3 Å². The lowest BCUT2D eigenvalue weighted by Crippen LogP contribution is -2.02. The molecule has 0 atom stereocenters. The van der Waals surface area contributed by atoms with Gasteiger partial charge in [0, 0.05) is 17.3 Å². The summed E-state index contributed by atoms with van der Waals surface area (Å²) in [6.45, 7) is 0. The molecule has 1 aromatic carbocycles. The van der Waals surface area contributed by atoms with Crippen LogP contribution in [0.4, 0.5) is 5.69 Å². The van der Waals surface area contributed by atoms with Crippen LogP contribution in [-0.4, -0.2) is 21.9 Å². The topological polar surface area (TPSA) is 66.0 Å². The second-order valence-electron chi connectivity index (χ2n) is 3.90. The van der Waals surface area contributed by atoms with Crippen LogP contribution in [0.5, 0.6) is 5.75 Å². The molecule has 0 spiro atoms. The van der Waals surface area contributed by atoms with Gasteiger partial charge in [-0.25, -0.2) is 9.67 Å². The van der Waals surface area contributed by atoms with Crippen LogP contribution >= 0.6 is 0 Å². The van der Waals surface area contributed by atoms with E-state index in [1.807, 2.05) is 30.3 Å². The minimum atomic E-state index is 0.653. The molecule has 5 heteroatoms. The molecule has 0 amide bonds. The Kier molecular flexibility index (Phi) is 2.37. The molecular formula is C13H12N4O. The zero-order chi connectivity index (χ0) is 12.5. The highest BCUT2D eigenvalue weighted by molar-refractivity contribution is 5.83. The summed E-state index contributed by atoms with van der Waals surface area (Å²) in [4.78, 5) is 4.31. The molecule has 2 aromatic heterocycles. The summed E-state index contributed by atoms with van der Waals surface area (Å²) in [7, 11) is 1.61. The zero-order valence-corrected chi connectivity index (χ0v) is 9.87. The molecule has 2 N–H and O–H groups in total. The van der Waals surface area contributed by atoms with Crippen molar-refractivity contribution in [2.45, 2.75) is 0 Å². The normalized spacial score (nSPS) is 10.7. The summed E-state index contributed by atoms with van der Waals surface area (Å²) < 4.78 is 7.02. The maximum Gasteiger partial charge on any atom is 0.196 e. The van der Waals surface area contributed by atoms with Crippen LogP contribution in [-0.2, 0) is 0 Å². The lowest BCUT2D eigenvalue weighted by Gasteiger charge is -2.07. The first-order valence-corrected chi connectivity index (χ1v) is 5.52. The number of anilines is 1. The lowest BCUT2D eigenvalue weighted by molar-refractivity contribution is 0.409. The Balaban J connectivity index is 2.28. The first kappa shape index (κ1) is 10.6. The van der Waals surface area contributed by atoms with Gasteiger partial charge >= 0.3 is 0 Å². The van der Waals surface area contributed by atoms with Gasteiger partial charge in [0.1, 0.15) is 0 Å². The maximum atomic E-state index is 5.81. The number of hydrogen-bond acceptors (Lipinski definition) is 4. The summed E-state index contributed by atoms with van der Waals surface area (Å²) in [6, 6.07) is 9.33. The fourth-order valence-corrected chi connectivity index (χ4v) is 1.90. The van der Waals surface area contributed by atoms with Gasteiger partial charge in [-0.3, -0.25) is 0 Å². The highest BCUT2D eigenvalue weighted by Gasteiger charge is 2.10. The number of fused-ring (bicyclic) bond motifs is 1. The predicted octanol–water partition coefficient (Wildman–Crippen LogP) is 2.01. The minimum absolute atomic E-state index is 0.653. The van der Waals surface area contributed by atoms with Crippen molar-refractivity contribution in [3.63, 3.8) is 0 Å². The fraction of sp³-hybridized carbons (Fsp3) is 0.0769. The Morgan fingerprint density at radius 1 is 1.28 bits per heavy atom. The average molecular weight is 240 g/mol. The maximum absolute atomic E-state index is 5.81. The number of hydrogen-bond donors (Lipinski definition) is 1. The molecule has 0 saturated heterocycles. The first-order valence-electron chi connectivity index (χ1n) is 5.52. The van der Waals surface area contributed by atoms with Crippen LogP contribution < -0.4 is 10.5 Å². The van der Waals surface area contributed by atoms with Crippen molar-refractivity contribution in [2.75, 3.05) is 12.8 Å². The van der Waals surface area contributed by atoms with E-state index in [-0.39, 0.29) is 0 Å². The van der Waals surface area contributed by atoms with Gasteiger partial charge in [0.05, 0.1) is 18.8 Å². The van der Waals surface area contributed by atoms with Gasteiger partial charge in [0.15, 0.2) is 11.6 Å². The molecule has 3 aromatic rings. The van der Waals surface area contributed by atoms with Crippen molar-refractivity contribution in [2.24, 2.45) is 0 Å². The van der Waals surface area contributed by atoms with Crippen molar-refractivity contribution in [1.29, 1.82) is 0 Å². The van der Waals surface area contributed by atoms with E-state index in [0.717, 1.165) is 10.9 Å². The van der Waals surface area contributed by atoms with Crippen LogP contribution in [0.3, 0.4) is 0 Å². The van der Waals surface area contributed by atoms with Gasteiger partial charge in [-0.15, -0.1) is 0 Å². The number of nitrogens with zero attached hydrogens (tertiary/aromatic N) is 3. The van der Waals surface area contributed by atoms with Gasteiger partial charge in [0.2, 0.25) is 0 Å². The summed E-state index contributed by atoms with van der Waals surface area (Å²) in [6.07, 6.45) is 3.49. The van der Waals surface area contributed by atoms with Crippen molar-refractivity contribution in [1.82, 2.24) is 14.8 Å². The second-order valence-corrected chi connectivity index (χ2v) is 3.90. The smallest absolute Gasteiger partial charge is 0.196 e. The summed E-state index contributed by atoms with van der Waals surface area (Å²) in [5, 5.41) is 5.34. The summed E-state index contributed by atoms with van der Waals surface area (Å²) in [5.74, 6) is 1.32. The van der Waals surface area contributed by atoms with E-state index in [2.05, 4.69) is 10.1 Å². The number of rotatable bonds is 2. The largest absolute Gasteiger partial charge is 0.493 e. The number of benzene rings is 1. The quantitative estimate of drug-likeness (QED) is 0.696. The molecule has 0 aliphatic heterocycles. The third kappa shape index (κ3) is 1.57. The van der Waals surface area contributed by atoms with Crippen LogP contribution in [0.25, 0.3) is 16.7 Å². The average Bonchev–Trinajstić information content (AvgIpc) is 2.81. The van der Waals surface area contributed by atoms with Crippen LogP contribution in [0.2, 0.25) is 0 Å². The Morgan fingerprint density at radius 3 is 3.00 bits per heavy atom. The number of pyridine rings is 1. The van der Waals surface area contributed by atoms with E-state index in [1.54, 1.807) is 24.2 Å². The van der Waals surface area contributed by atoms with E-state index in [4.69, 9.17) is 10.5 Å². The van der Waals surface area contributed by atoms with Crippen LogP contribution in [0.15, 0.2) is 42.7 Å². The molecule has 0 saturated carbocycles. The molecular weight excluding hydrogens is 228 g/mol. The van der Waals surface area contributed by atoms with Gasteiger partial charge in [-0.2, -0.15) is 5.10 Å². The molecule has 0 fully saturated rings. The molecule has 90 valence electrons. The van der Waals surface area contributed by atoms with Crippen molar-refractivity contribution >= 4 is 16.6 Å².